The minimum Gasteiger partial charge on any atom is -0.207 e. The summed E-state index contributed by atoms with van der Waals surface area (Å²) in [7, 11) is 0. The van der Waals surface area contributed by atoms with Crippen LogP contribution in [-0.2, 0) is 0 Å². The van der Waals surface area contributed by atoms with E-state index in [1.54, 1.807) is 0 Å². The molecule has 0 nitrogen and oxygen atoms in total. The molecule has 0 saturated heterocycles. The van der Waals surface area contributed by atoms with Gasteiger partial charge in [0.25, 0.3) is 0 Å². The number of rotatable bonds is 0. The second kappa shape index (κ2) is 2.18. The van der Waals surface area contributed by atoms with Gasteiger partial charge in [-0.1, -0.05) is 6.07 Å². The Labute approximate surface area is 54.3 Å². The fourth-order valence-corrected chi connectivity index (χ4v) is 0.919. The summed E-state index contributed by atoms with van der Waals surface area (Å²) >= 11 is 0. The van der Waals surface area contributed by atoms with Gasteiger partial charge >= 0.3 is 0 Å². The van der Waals surface area contributed by atoms with Crippen LogP contribution in [0.25, 0.3) is 0 Å². The van der Waals surface area contributed by atoms with Crippen LogP contribution in [0, 0.1) is 19.7 Å². The average Bonchev–Trinajstić information content (AvgIpc) is 1.59. The van der Waals surface area contributed by atoms with Gasteiger partial charge < -0.3 is 0 Å². The molecule has 0 N–H and O–H groups in total. The maximum absolute atomic E-state index is 12.4. The van der Waals surface area contributed by atoms with Gasteiger partial charge in [0.05, 0.1) is 0 Å². The Morgan fingerprint density at radius 2 is 1.44 bits per heavy atom. The molecule has 0 saturated carbocycles. The SMILES string of the molecule is Cc1cc(C)cc(F)c1. The summed E-state index contributed by atoms with van der Waals surface area (Å²) in [5, 5.41) is 0. The van der Waals surface area contributed by atoms with E-state index in [1.165, 1.54) is 12.1 Å². The first-order valence-electron chi connectivity index (χ1n) is 2.92. The zero-order valence-corrected chi connectivity index (χ0v) is 5.61. The van der Waals surface area contributed by atoms with Gasteiger partial charge in [0, 0.05) is 0 Å². The quantitative estimate of drug-likeness (QED) is 0.498. The highest BCUT2D eigenvalue weighted by atomic mass is 19.1. The third kappa shape index (κ3) is 1.53. The van der Waals surface area contributed by atoms with Gasteiger partial charge in [-0.25, -0.2) is 4.39 Å². The third-order valence-corrected chi connectivity index (χ3v) is 1.19. The number of benzene rings is 1. The van der Waals surface area contributed by atoms with Gasteiger partial charge in [-0.15, -0.1) is 0 Å². The third-order valence-electron chi connectivity index (χ3n) is 1.19. The summed E-state index contributed by atoms with van der Waals surface area (Å²) in [4.78, 5) is 0. The van der Waals surface area contributed by atoms with Crippen LogP contribution in [-0.4, -0.2) is 0 Å². The highest BCUT2D eigenvalue weighted by molar-refractivity contribution is 5.21. The van der Waals surface area contributed by atoms with Crippen LogP contribution in [0.2, 0.25) is 0 Å². The van der Waals surface area contributed by atoms with Gasteiger partial charge in [-0.05, 0) is 37.1 Å². The Balaban J connectivity index is 3.17. The Hall–Kier alpha value is -0.850. The van der Waals surface area contributed by atoms with Crippen molar-refractivity contribution in [3.63, 3.8) is 0 Å². The van der Waals surface area contributed by atoms with E-state index in [-0.39, 0.29) is 5.82 Å². The molecule has 0 spiro atoms. The van der Waals surface area contributed by atoms with Crippen molar-refractivity contribution >= 4 is 0 Å². The topological polar surface area (TPSA) is 0 Å². The highest BCUT2D eigenvalue weighted by Crippen LogP contribution is 2.05. The first-order valence-corrected chi connectivity index (χ1v) is 2.92. The summed E-state index contributed by atoms with van der Waals surface area (Å²) < 4.78 is 12.4. The van der Waals surface area contributed by atoms with Crippen LogP contribution in [0.1, 0.15) is 11.1 Å². The normalized spacial score (nSPS) is 9.67. The minimum atomic E-state index is -0.146. The van der Waals surface area contributed by atoms with Crippen LogP contribution >= 0.6 is 0 Å². The van der Waals surface area contributed by atoms with Crippen molar-refractivity contribution in [3.05, 3.63) is 35.1 Å². The molecule has 0 aliphatic heterocycles. The van der Waals surface area contributed by atoms with Crippen molar-refractivity contribution in [3.8, 4) is 0 Å². The van der Waals surface area contributed by atoms with E-state index in [2.05, 4.69) is 0 Å². The monoisotopic (exact) mass is 124 g/mol. The molecule has 0 fully saturated rings. The lowest BCUT2D eigenvalue weighted by Crippen LogP contribution is -1.79. The molecule has 0 heterocycles. The molecule has 1 heteroatoms. The molecule has 48 valence electrons. The van der Waals surface area contributed by atoms with Crippen LogP contribution in [0.15, 0.2) is 18.2 Å². The predicted octanol–water partition coefficient (Wildman–Crippen LogP) is 2.44. The molecule has 0 amide bonds. The number of hydrogen-bond donors (Lipinski definition) is 0. The van der Waals surface area contributed by atoms with Crippen LogP contribution < -0.4 is 0 Å². The summed E-state index contributed by atoms with van der Waals surface area (Å²) in [5.41, 5.74) is 1.96. The number of aryl methyl sites for hydroxylation is 2. The summed E-state index contributed by atoms with van der Waals surface area (Å²) in [5.74, 6) is -0.146. The van der Waals surface area contributed by atoms with E-state index in [0.29, 0.717) is 0 Å². The van der Waals surface area contributed by atoms with E-state index in [0.717, 1.165) is 11.1 Å². The second-order valence-electron chi connectivity index (χ2n) is 2.31. The van der Waals surface area contributed by atoms with E-state index in [9.17, 15) is 4.39 Å². The van der Waals surface area contributed by atoms with E-state index in [1.807, 2.05) is 19.9 Å². The van der Waals surface area contributed by atoms with E-state index in [4.69, 9.17) is 0 Å². The van der Waals surface area contributed by atoms with Gasteiger partial charge in [-0.2, -0.15) is 0 Å². The molecule has 0 radical (unpaired) electrons. The smallest absolute Gasteiger partial charge is 0.123 e. The molecule has 0 atom stereocenters. The fourth-order valence-electron chi connectivity index (χ4n) is 0.919. The molecule has 0 aliphatic rings. The fraction of sp³-hybridized carbons (Fsp3) is 0.250. The van der Waals surface area contributed by atoms with Crippen molar-refractivity contribution in [1.29, 1.82) is 0 Å². The first-order chi connectivity index (χ1) is 4.18. The van der Waals surface area contributed by atoms with Crippen molar-refractivity contribution in [2.45, 2.75) is 13.8 Å². The maximum atomic E-state index is 12.4. The molecule has 1 aromatic carbocycles. The predicted molar refractivity (Wildman–Crippen MR) is 35.9 cm³/mol. The molecular weight excluding hydrogens is 115 g/mol. The standard InChI is InChI=1S/C8H9F/c1-6-3-7(2)5-8(9)4-6/h3-5H,1-2H3. The van der Waals surface area contributed by atoms with Crippen molar-refractivity contribution in [2.75, 3.05) is 0 Å². The molecular formula is C8H9F. The maximum Gasteiger partial charge on any atom is 0.123 e. The molecule has 1 rings (SSSR count). The van der Waals surface area contributed by atoms with Crippen molar-refractivity contribution in [2.24, 2.45) is 0 Å². The lowest BCUT2D eigenvalue weighted by molar-refractivity contribution is 0.625. The van der Waals surface area contributed by atoms with Gasteiger partial charge in [-0.3, -0.25) is 0 Å². The van der Waals surface area contributed by atoms with Crippen LogP contribution in [0.4, 0.5) is 4.39 Å². The van der Waals surface area contributed by atoms with E-state index >= 15 is 0 Å². The second-order valence-corrected chi connectivity index (χ2v) is 2.31. The Bertz CT molecular complexity index is 165. The average molecular weight is 124 g/mol. The number of hydrogen-bond acceptors (Lipinski definition) is 0. The first kappa shape index (κ1) is 6.27. The molecule has 1 aromatic rings. The summed E-state index contributed by atoms with van der Waals surface area (Å²) in [6.45, 7) is 3.77. The Kier molecular flexibility index (Phi) is 1.52. The molecule has 0 aliphatic carbocycles. The zero-order chi connectivity index (χ0) is 6.85. The van der Waals surface area contributed by atoms with E-state index < -0.39 is 0 Å². The number of halogens is 1. The Morgan fingerprint density at radius 3 is 1.78 bits per heavy atom. The van der Waals surface area contributed by atoms with Crippen molar-refractivity contribution < 1.29 is 4.39 Å². The molecule has 0 bridgehead atoms. The molecule has 0 unspecified atom stereocenters. The summed E-state index contributed by atoms with van der Waals surface area (Å²) in [6, 6.07) is 4.99. The lowest BCUT2D eigenvalue weighted by atomic mass is 10.2. The van der Waals surface area contributed by atoms with Gasteiger partial charge in [0.1, 0.15) is 5.82 Å². The Morgan fingerprint density at radius 1 is 1.00 bits per heavy atom. The van der Waals surface area contributed by atoms with Crippen LogP contribution in [0.3, 0.4) is 0 Å². The molecule has 0 aromatic heterocycles. The summed E-state index contributed by atoms with van der Waals surface area (Å²) in [6.07, 6.45) is 0. The highest BCUT2D eigenvalue weighted by Gasteiger charge is 1.90. The van der Waals surface area contributed by atoms with Gasteiger partial charge in [0.15, 0.2) is 0 Å². The lowest BCUT2D eigenvalue weighted by Gasteiger charge is -1.94. The van der Waals surface area contributed by atoms with Gasteiger partial charge in [0.2, 0.25) is 0 Å². The van der Waals surface area contributed by atoms with Crippen molar-refractivity contribution in [1.82, 2.24) is 0 Å². The zero-order valence-electron chi connectivity index (χ0n) is 5.61. The van der Waals surface area contributed by atoms with Crippen LogP contribution in [0.5, 0.6) is 0 Å². The molecule has 9 heavy (non-hydrogen) atoms. The minimum absolute atomic E-state index is 0.146. The largest absolute Gasteiger partial charge is 0.207 e.